The van der Waals surface area contributed by atoms with Crippen LogP contribution >= 0.6 is 0 Å². The van der Waals surface area contributed by atoms with Crippen molar-refractivity contribution in [2.45, 2.75) is 18.8 Å². The number of aromatic nitrogens is 1. The van der Waals surface area contributed by atoms with Crippen molar-refractivity contribution in [3.8, 4) is 0 Å². The van der Waals surface area contributed by atoms with Gasteiger partial charge in [0.05, 0.1) is 6.20 Å². The van der Waals surface area contributed by atoms with E-state index in [4.69, 9.17) is 15.9 Å². The molecule has 2 amide bonds. The Bertz CT molecular complexity index is 771. The zero-order chi connectivity index (χ0) is 17.8. The maximum absolute atomic E-state index is 12.2. The molecular weight excluding hydrogens is 322 g/mol. The summed E-state index contributed by atoms with van der Waals surface area (Å²) in [7, 11) is 0. The van der Waals surface area contributed by atoms with Crippen LogP contribution in [0.25, 0.3) is 0 Å². The average Bonchev–Trinajstić information content (AvgIpc) is 3.15. The summed E-state index contributed by atoms with van der Waals surface area (Å²) >= 11 is 0. The topological polar surface area (TPSA) is 128 Å². The molecule has 0 aliphatic carbocycles. The molecule has 2 aromatic rings. The van der Waals surface area contributed by atoms with Gasteiger partial charge < -0.3 is 20.8 Å². The summed E-state index contributed by atoms with van der Waals surface area (Å²) in [6.07, 6.45) is 4.54. The molecule has 0 radical (unpaired) electrons. The van der Waals surface area contributed by atoms with Crippen molar-refractivity contribution < 1.29 is 14.0 Å². The second kappa shape index (κ2) is 7.16. The molecule has 0 saturated carbocycles. The smallest absolute Gasteiger partial charge is 0.309 e. The first-order chi connectivity index (χ1) is 12.0. The number of oxazole rings is 1. The van der Waals surface area contributed by atoms with Crippen LogP contribution in [0.15, 0.2) is 46.1 Å². The van der Waals surface area contributed by atoms with Gasteiger partial charge in [0.25, 0.3) is 11.8 Å². The number of amides is 2. The van der Waals surface area contributed by atoms with Crippen molar-refractivity contribution in [1.82, 2.24) is 9.88 Å². The number of hydrogen-bond donors (Lipinski definition) is 2. The summed E-state index contributed by atoms with van der Waals surface area (Å²) in [4.78, 5) is 33.1. The van der Waals surface area contributed by atoms with Crippen LogP contribution in [-0.2, 0) is 0 Å². The fourth-order valence-electron chi connectivity index (χ4n) is 2.96. The van der Waals surface area contributed by atoms with E-state index < -0.39 is 5.91 Å². The molecule has 0 bridgehead atoms. The molecule has 8 nitrogen and oxygen atoms in total. The van der Waals surface area contributed by atoms with Crippen LogP contribution in [0.5, 0.6) is 0 Å². The number of rotatable bonds is 3. The summed E-state index contributed by atoms with van der Waals surface area (Å²) < 4.78 is 5.06. The average molecular weight is 341 g/mol. The fourth-order valence-corrected chi connectivity index (χ4v) is 2.96. The molecule has 130 valence electrons. The van der Waals surface area contributed by atoms with Gasteiger partial charge in [0.15, 0.2) is 5.96 Å². The minimum Gasteiger partial charge on any atom is -0.441 e. The van der Waals surface area contributed by atoms with Gasteiger partial charge in [-0.2, -0.15) is 4.99 Å². The first kappa shape index (κ1) is 16.7. The maximum Gasteiger partial charge on any atom is 0.309 e. The van der Waals surface area contributed by atoms with E-state index in [0.717, 1.165) is 18.4 Å². The summed E-state index contributed by atoms with van der Waals surface area (Å²) in [5.74, 6) is -0.432. The SMILES string of the molecule is NC(N)=NC(=O)c1ccc(C2CCN(C(=O)c3ncco3)CC2)cc1. The van der Waals surface area contributed by atoms with Crippen LogP contribution in [-0.4, -0.2) is 40.7 Å². The van der Waals surface area contributed by atoms with Gasteiger partial charge in [0, 0.05) is 18.7 Å². The van der Waals surface area contributed by atoms with Gasteiger partial charge in [-0.1, -0.05) is 12.1 Å². The Balaban J connectivity index is 1.60. The number of carbonyl (C=O) groups excluding carboxylic acids is 2. The third-order valence-corrected chi connectivity index (χ3v) is 4.26. The number of carbonyl (C=O) groups is 2. The number of nitrogens with two attached hydrogens (primary N) is 2. The van der Waals surface area contributed by atoms with Crippen LogP contribution in [0, 0.1) is 0 Å². The standard InChI is InChI=1S/C17H19N5O3/c18-17(19)21-14(23)13-3-1-11(2-4-13)12-5-8-22(9-6-12)16(24)15-20-7-10-25-15/h1-4,7,10,12H,5-6,8-9H2,(H4,18,19,21,23). The molecule has 0 unspecified atom stereocenters. The second-order valence-corrected chi connectivity index (χ2v) is 5.87. The lowest BCUT2D eigenvalue weighted by molar-refractivity contribution is 0.0672. The van der Waals surface area contributed by atoms with Crippen LogP contribution in [0.1, 0.15) is 45.4 Å². The van der Waals surface area contributed by atoms with Crippen molar-refractivity contribution in [2.24, 2.45) is 16.5 Å². The van der Waals surface area contributed by atoms with Crippen molar-refractivity contribution in [3.63, 3.8) is 0 Å². The normalized spacial score (nSPS) is 15.0. The Morgan fingerprint density at radius 1 is 1.16 bits per heavy atom. The fraction of sp³-hybridized carbons (Fsp3) is 0.294. The van der Waals surface area contributed by atoms with E-state index in [9.17, 15) is 9.59 Å². The van der Waals surface area contributed by atoms with Crippen LogP contribution in [0.2, 0.25) is 0 Å². The molecule has 1 aliphatic rings. The molecule has 0 spiro atoms. The van der Waals surface area contributed by atoms with E-state index in [1.807, 2.05) is 12.1 Å². The van der Waals surface area contributed by atoms with Gasteiger partial charge in [-0.25, -0.2) is 4.98 Å². The molecule has 1 aromatic heterocycles. The Kier molecular flexibility index (Phi) is 4.78. The van der Waals surface area contributed by atoms with Gasteiger partial charge >= 0.3 is 5.91 Å². The lowest BCUT2D eigenvalue weighted by Crippen LogP contribution is -2.38. The van der Waals surface area contributed by atoms with E-state index >= 15 is 0 Å². The number of benzene rings is 1. The highest BCUT2D eigenvalue weighted by molar-refractivity contribution is 6.01. The van der Waals surface area contributed by atoms with Gasteiger partial charge in [0.1, 0.15) is 6.26 Å². The highest BCUT2D eigenvalue weighted by atomic mass is 16.4. The highest BCUT2D eigenvalue weighted by Gasteiger charge is 2.26. The zero-order valence-electron chi connectivity index (χ0n) is 13.6. The number of hydrogen-bond acceptors (Lipinski definition) is 4. The third kappa shape index (κ3) is 3.85. The molecule has 1 saturated heterocycles. The van der Waals surface area contributed by atoms with Crippen molar-refractivity contribution in [2.75, 3.05) is 13.1 Å². The van der Waals surface area contributed by atoms with E-state index in [0.29, 0.717) is 24.6 Å². The van der Waals surface area contributed by atoms with E-state index in [2.05, 4.69) is 9.98 Å². The monoisotopic (exact) mass is 341 g/mol. The maximum atomic E-state index is 12.2. The highest BCUT2D eigenvalue weighted by Crippen LogP contribution is 2.28. The Morgan fingerprint density at radius 2 is 1.84 bits per heavy atom. The lowest BCUT2D eigenvalue weighted by atomic mass is 9.89. The number of guanidine groups is 1. The van der Waals surface area contributed by atoms with Gasteiger partial charge in [0.2, 0.25) is 0 Å². The van der Waals surface area contributed by atoms with E-state index in [1.54, 1.807) is 17.0 Å². The molecule has 4 N–H and O–H groups in total. The molecule has 25 heavy (non-hydrogen) atoms. The third-order valence-electron chi connectivity index (χ3n) is 4.26. The molecule has 1 aliphatic heterocycles. The first-order valence-corrected chi connectivity index (χ1v) is 7.97. The first-order valence-electron chi connectivity index (χ1n) is 7.97. The second-order valence-electron chi connectivity index (χ2n) is 5.87. The van der Waals surface area contributed by atoms with Crippen molar-refractivity contribution in [1.29, 1.82) is 0 Å². The Morgan fingerprint density at radius 3 is 2.40 bits per heavy atom. The van der Waals surface area contributed by atoms with Crippen molar-refractivity contribution >= 4 is 17.8 Å². The summed E-state index contributed by atoms with van der Waals surface area (Å²) in [6, 6.07) is 7.25. The minimum absolute atomic E-state index is 0.126. The molecule has 3 rings (SSSR count). The summed E-state index contributed by atoms with van der Waals surface area (Å²) in [5.41, 5.74) is 12.0. The van der Waals surface area contributed by atoms with Gasteiger partial charge in [-0.05, 0) is 36.5 Å². The quantitative estimate of drug-likeness (QED) is 0.636. The number of piperidine rings is 1. The predicted octanol–water partition coefficient (Wildman–Crippen LogP) is 1.11. The number of aliphatic imine (C=N–C) groups is 1. The number of likely N-dealkylation sites (tertiary alicyclic amines) is 1. The van der Waals surface area contributed by atoms with Crippen LogP contribution in [0.3, 0.4) is 0 Å². The largest absolute Gasteiger partial charge is 0.441 e. The molecule has 0 atom stereocenters. The van der Waals surface area contributed by atoms with Crippen LogP contribution in [0.4, 0.5) is 0 Å². The minimum atomic E-state index is -0.460. The molecule has 2 heterocycles. The zero-order valence-corrected chi connectivity index (χ0v) is 13.6. The van der Waals surface area contributed by atoms with E-state index in [-0.39, 0.29) is 17.8 Å². The predicted molar refractivity (Wildman–Crippen MR) is 91.0 cm³/mol. The van der Waals surface area contributed by atoms with Gasteiger partial charge in [-0.15, -0.1) is 0 Å². The van der Waals surface area contributed by atoms with Crippen LogP contribution < -0.4 is 11.5 Å². The van der Waals surface area contributed by atoms with E-state index in [1.165, 1.54) is 12.5 Å². The molecule has 1 fully saturated rings. The Labute approximate surface area is 144 Å². The molecule has 1 aromatic carbocycles. The lowest BCUT2D eigenvalue weighted by Gasteiger charge is -2.31. The van der Waals surface area contributed by atoms with Crippen molar-refractivity contribution in [3.05, 3.63) is 53.7 Å². The number of nitrogens with zero attached hydrogens (tertiary/aromatic N) is 3. The molecular formula is C17H19N5O3. The summed E-state index contributed by atoms with van der Waals surface area (Å²) in [6.45, 7) is 1.28. The summed E-state index contributed by atoms with van der Waals surface area (Å²) in [5, 5.41) is 0. The molecule has 8 heteroatoms. The Hall–Kier alpha value is -3.16. The van der Waals surface area contributed by atoms with Gasteiger partial charge in [-0.3, -0.25) is 9.59 Å².